The van der Waals surface area contributed by atoms with Crippen LogP contribution in [-0.2, 0) is 11.2 Å². The van der Waals surface area contributed by atoms with Crippen molar-refractivity contribution in [1.29, 1.82) is 0 Å². The van der Waals surface area contributed by atoms with Crippen molar-refractivity contribution in [2.75, 3.05) is 13.6 Å². The molecule has 0 spiro atoms. The fourth-order valence-corrected chi connectivity index (χ4v) is 4.38. The van der Waals surface area contributed by atoms with Crippen molar-refractivity contribution >= 4 is 46.7 Å². The number of amides is 1. The Labute approximate surface area is 196 Å². The Balaban J connectivity index is 0.00000256. The van der Waals surface area contributed by atoms with Crippen LogP contribution in [0.15, 0.2) is 29.4 Å². The van der Waals surface area contributed by atoms with Crippen LogP contribution in [0, 0.1) is 12.8 Å². The summed E-state index contributed by atoms with van der Waals surface area (Å²) in [5, 5.41) is 11.4. The maximum Gasteiger partial charge on any atom is 0.223 e. The lowest BCUT2D eigenvalue weighted by Crippen LogP contribution is -2.47. The lowest BCUT2D eigenvalue weighted by Gasteiger charge is -2.30. The van der Waals surface area contributed by atoms with E-state index in [-0.39, 0.29) is 35.8 Å². The van der Waals surface area contributed by atoms with Gasteiger partial charge in [-0.15, -0.1) is 24.0 Å². The third-order valence-corrected chi connectivity index (χ3v) is 6.23. The van der Waals surface area contributed by atoms with E-state index in [2.05, 4.69) is 57.2 Å². The number of aromatic nitrogens is 1. The second-order valence-corrected chi connectivity index (χ2v) is 8.55. The predicted molar refractivity (Wildman–Crippen MR) is 134 cm³/mol. The zero-order valence-electron chi connectivity index (χ0n) is 18.0. The average Bonchev–Trinajstić information content (AvgIpc) is 3.45. The zero-order chi connectivity index (χ0) is 20.2. The molecule has 1 heterocycles. The highest BCUT2D eigenvalue weighted by Gasteiger charge is 2.31. The van der Waals surface area contributed by atoms with Crippen LogP contribution >= 0.6 is 24.0 Å². The molecule has 1 aromatic heterocycles. The smallest absolute Gasteiger partial charge is 0.223 e. The molecule has 1 amide bonds. The number of rotatable bonds is 6. The first kappa shape index (κ1) is 22.9. The highest BCUT2D eigenvalue weighted by Crippen LogP contribution is 2.27. The maximum absolute atomic E-state index is 12.4. The molecule has 4 N–H and O–H groups in total. The van der Waals surface area contributed by atoms with E-state index in [9.17, 15) is 4.79 Å². The third-order valence-electron chi connectivity index (χ3n) is 6.23. The monoisotopic (exact) mass is 523 g/mol. The fraction of sp³-hybridized carbons (Fsp3) is 0.565. The topological polar surface area (TPSA) is 81.3 Å². The molecule has 2 aromatic rings. The summed E-state index contributed by atoms with van der Waals surface area (Å²) < 4.78 is 0. The van der Waals surface area contributed by atoms with E-state index in [4.69, 9.17) is 0 Å². The van der Waals surface area contributed by atoms with Gasteiger partial charge in [-0.3, -0.25) is 9.79 Å². The number of halogens is 1. The normalized spacial score (nSPS) is 21.7. The van der Waals surface area contributed by atoms with Crippen molar-refractivity contribution in [1.82, 2.24) is 20.9 Å². The quantitative estimate of drug-likeness (QED) is 0.265. The Hall–Kier alpha value is -1.77. The van der Waals surface area contributed by atoms with Crippen LogP contribution in [0.5, 0.6) is 0 Å². The zero-order valence-corrected chi connectivity index (χ0v) is 20.3. The highest BCUT2D eigenvalue weighted by molar-refractivity contribution is 14.0. The van der Waals surface area contributed by atoms with E-state index in [1.807, 2.05) is 7.05 Å². The number of carbonyl (C=O) groups excluding carboxylic acids is 1. The minimum Gasteiger partial charge on any atom is -0.361 e. The van der Waals surface area contributed by atoms with Crippen LogP contribution in [0.3, 0.4) is 0 Å². The van der Waals surface area contributed by atoms with Crippen molar-refractivity contribution in [2.24, 2.45) is 10.9 Å². The fourth-order valence-electron chi connectivity index (χ4n) is 4.38. The number of carbonyl (C=O) groups is 1. The molecule has 164 valence electrons. The van der Waals surface area contributed by atoms with Gasteiger partial charge in [0, 0.05) is 48.7 Å². The van der Waals surface area contributed by atoms with Gasteiger partial charge in [0.05, 0.1) is 0 Å². The van der Waals surface area contributed by atoms with Crippen molar-refractivity contribution in [2.45, 2.75) is 64.0 Å². The van der Waals surface area contributed by atoms with Gasteiger partial charge in [-0.25, -0.2) is 0 Å². The predicted octanol–water partition coefficient (Wildman–Crippen LogP) is 3.64. The summed E-state index contributed by atoms with van der Waals surface area (Å²) in [6.45, 7) is 2.95. The number of aromatic amines is 1. The Bertz CT molecular complexity index is 889. The van der Waals surface area contributed by atoms with E-state index in [1.54, 1.807) is 0 Å². The van der Waals surface area contributed by atoms with Gasteiger partial charge in [0.1, 0.15) is 0 Å². The minimum atomic E-state index is 0. The Kier molecular flexibility index (Phi) is 8.02. The number of guanidine groups is 1. The molecule has 2 atom stereocenters. The molecule has 1 aromatic carbocycles. The summed E-state index contributed by atoms with van der Waals surface area (Å²) in [6, 6.07) is 7.17. The number of hydrogen-bond donors (Lipinski definition) is 4. The van der Waals surface area contributed by atoms with Crippen LogP contribution in [0.2, 0.25) is 0 Å². The molecule has 0 saturated heterocycles. The van der Waals surface area contributed by atoms with Gasteiger partial charge in [-0.1, -0.05) is 24.6 Å². The first-order valence-electron chi connectivity index (χ1n) is 11.0. The summed E-state index contributed by atoms with van der Waals surface area (Å²) in [6.07, 6.45) is 9.41. The molecule has 2 aliphatic rings. The number of aliphatic imine (C=N–C) groups is 1. The van der Waals surface area contributed by atoms with Crippen LogP contribution in [0.25, 0.3) is 10.9 Å². The van der Waals surface area contributed by atoms with E-state index < -0.39 is 0 Å². The second kappa shape index (κ2) is 10.5. The van der Waals surface area contributed by atoms with Crippen LogP contribution in [-0.4, -0.2) is 42.5 Å². The number of para-hydroxylation sites is 1. The first-order valence-corrected chi connectivity index (χ1v) is 11.0. The third kappa shape index (κ3) is 5.68. The molecule has 6 nitrogen and oxygen atoms in total. The number of H-pyrrole nitrogens is 1. The molecule has 0 bridgehead atoms. The lowest BCUT2D eigenvalue weighted by atomic mass is 9.85. The largest absolute Gasteiger partial charge is 0.361 e. The number of nitrogens with one attached hydrogen (secondary N) is 4. The van der Waals surface area contributed by atoms with Crippen molar-refractivity contribution in [3.8, 4) is 0 Å². The standard InChI is InChI=1S/C23H33N5O.HI/c1-15-5-3-8-20-17(14-26-21(15)20)11-12-25-23(24-2)28-19-7-4-6-16(13-19)22(29)27-18-9-10-18;/h3,5,8,14,16,18-19,26H,4,6-7,9-13H2,1-2H3,(H,27,29)(H2,24,25,28);1H. The summed E-state index contributed by atoms with van der Waals surface area (Å²) in [5.41, 5.74) is 3.82. The average molecular weight is 523 g/mol. The van der Waals surface area contributed by atoms with Crippen molar-refractivity contribution < 1.29 is 4.79 Å². The second-order valence-electron chi connectivity index (χ2n) is 8.55. The maximum atomic E-state index is 12.4. The summed E-state index contributed by atoms with van der Waals surface area (Å²) in [5.74, 6) is 1.21. The summed E-state index contributed by atoms with van der Waals surface area (Å²) >= 11 is 0. The van der Waals surface area contributed by atoms with Crippen LogP contribution in [0.1, 0.15) is 49.7 Å². The minimum absolute atomic E-state index is 0. The van der Waals surface area contributed by atoms with Crippen molar-refractivity contribution in [3.05, 3.63) is 35.5 Å². The van der Waals surface area contributed by atoms with Crippen molar-refractivity contribution in [3.63, 3.8) is 0 Å². The van der Waals surface area contributed by atoms with Gasteiger partial charge in [0.2, 0.25) is 5.91 Å². The molecule has 2 aliphatic carbocycles. The molecule has 4 rings (SSSR count). The molecule has 2 fully saturated rings. The van der Waals surface area contributed by atoms with Crippen LogP contribution < -0.4 is 16.0 Å². The van der Waals surface area contributed by atoms with Gasteiger partial charge in [0.15, 0.2) is 5.96 Å². The SMILES string of the molecule is CN=C(NCCc1c[nH]c2c(C)cccc12)NC1CCCC(C(=O)NC2CC2)C1.I. The van der Waals surface area contributed by atoms with E-state index in [0.717, 1.165) is 57.5 Å². The number of fused-ring (bicyclic) bond motifs is 1. The molecule has 30 heavy (non-hydrogen) atoms. The molecular weight excluding hydrogens is 489 g/mol. The van der Waals surface area contributed by atoms with Gasteiger partial charge in [-0.2, -0.15) is 0 Å². The molecular formula is C23H34IN5O. The van der Waals surface area contributed by atoms with Crippen LogP contribution in [0.4, 0.5) is 0 Å². The van der Waals surface area contributed by atoms with Gasteiger partial charge < -0.3 is 20.9 Å². The van der Waals surface area contributed by atoms with Gasteiger partial charge >= 0.3 is 0 Å². The molecule has 0 radical (unpaired) electrons. The molecule has 7 heteroatoms. The number of hydrogen-bond acceptors (Lipinski definition) is 2. The molecule has 2 saturated carbocycles. The Morgan fingerprint density at radius 2 is 2.00 bits per heavy atom. The molecule has 2 unspecified atom stereocenters. The van der Waals surface area contributed by atoms with E-state index in [0.29, 0.717) is 12.1 Å². The lowest BCUT2D eigenvalue weighted by molar-refractivity contribution is -0.126. The summed E-state index contributed by atoms with van der Waals surface area (Å²) in [4.78, 5) is 20.2. The summed E-state index contributed by atoms with van der Waals surface area (Å²) in [7, 11) is 1.81. The molecule has 0 aliphatic heterocycles. The number of benzene rings is 1. The van der Waals surface area contributed by atoms with Gasteiger partial charge in [0.25, 0.3) is 0 Å². The number of aryl methyl sites for hydroxylation is 1. The first-order chi connectivity index (χ1) is 14.1. The van der Waals surface area contributed by atoms with Gasteiger partial charge in [-0.05, 0) is 56.6 Å². The van der Waals surface area contributed by atoms with E-state index in [1.165, 1.54) is 22.0 Å². The Morgan fingerprint density at radius 1 is 1.17 bits per heavy atom. The number of nitrogens with zero attached hydrogens (tertiary/aromatic N) is 1. The van der Waals surface area contributed by atoms with E-state index >= 15 is 0 Å². The highest BCUT2D eigenvalue weighted by atomic mass is 127. The Morgan fingerprint density at radius 3 is 2.77 bits per heavy atom.